The highest BCUT2D eigenvalue weighted by molar-refractivity contribution is 6.31. The van der Waals surface area contributed by atoms with E-state index in [4.69, 9.17) is 31.3 Å². The van der Waals surface area contributed by atoms with E-state index in [1.165, 1.54) is 6.42 Å². The third-order valence-corrected chi connectivity index (χ3v) is 14.9. The smallest absolute Gasteiger partial charge is 0.271 e. The highest BCUT2D eigenvalue weighted by Gasteiger charge is 2.28. The zero-order valence-corrected chi connectivity index (χ0v) is 41.3. The molecule has 1 atom stereocenters. The molecule has 4 aromatic heterocycles. The maximum absolute atomic E-state index is 13.1. The minimum absolute atomic E-state index is 0.0381. The predicted octanol–water partition coefficient (Wildman–Crippen LogP) is 6.78. The van der Waals surface area contributed by atoms with Crippen molar-refractivity contribution >= 4 is 40.6 Å². The topological polar surface area (TPSA) is 185 Å². The number of piperidine rings is 2. The molecule has 17 nitrogen and oxygen atoms in total. The Hall–Kier alpha value is -5.80. The molecule has 1 unspecified atom stereocenters. The number of rotatable bonds is 19. The number of benzene rings is 1. The number of aliphatic hydroxyl groups is 1. The number of aromatic nitrogens is 6. The second-order valence-corrected chi connectivity index (χ2v) is 19.7. The van der Waals surface area contributed by atoms with E-state index >= 15 is 0 Å². The van der Waals surface area contributed by atoms with Gasteiger partial charge in [-0.1, -0.05) is 24.6 Å². The molecule has 18 heteroatoms. The van der Waals surface area contributed by atoms with Gasteiger partial charge in [0.1, 0.15) is 35.0 Å². The van der Waals surface area contributed by atoms with Crippen molar-refractivity contribution in [1.29, 1.82) is 5.26 Å². The first-order chi connectivity index (χ1) is 34.3. The molecule has 4 fully saturated rings. The lowest BCUT2D eigenvalue weighted by Gasteiger charge is -2.39. The lowest BCUT2D eigenvalue weighted by atomic mass is 9.93. The summed E-state index contributed by atoms with van der Waals surface area (Å²) >= 11 is 6.17. The lowest BCUT2D eigenvalue weighted by molar-refractivity contribution is 0.0888. The van der Waals surface area contributed by atoms with Gasteiger partial charge in [0.2, 0.25) is 5.88 Å². The van der Waals surface area contributed by atoms with E-state index < -0.39 is 0 Å². The van der Waals surface area contributed by atoms with Crippen LogP contribution < -0.4 is 29.9 Å². The van der Waals surface area contributed by atoms with Crippen LogP contribution >= 0.6 is 11.6 Å². The van der Waals surface area contributed by atoms with Crippen molar-refractivity contribution in [3.63, 3.8) is 0 Å². The van der Waals surface area contributed by atoms with Crippen LogP contribution in [0.15, 0.2) is 61.2 Å². The number of piperazine rings is 1. The molecule has 70 heavy (non-hydrogen) atoms. The van der Waals surface area contributed by atoms with Crippen LogP contribution in [-0.2, 0) is 13.0 Å². The molecule has 7 heterocycles. The second kappa shape index (κ2) is 23.9. The van der Waals surface area contributed by atoms with E-state index in [0.29, 0.717) is 53.0 Å². The van der Waals surface area contributed by atoms with E-state index in [1.54, 1.807) is 30.6 Å². The SMILES string of the molecule is CCc1cnn2c(NCc3ccc(OCCCN4CCN(CC5CCN(c6cnc(C(=O)N[C@H]7CC[C@H](Oc8ccc(C#N)c(Cl)c8)CC7)cn6)CC5)CC4)nc3)cc(N3CCCCC3CCO)nc12. The summed E-state index contributed by atoms with van der Waals surface area (Å²) in [5.41, 5.74) is 3.81. The summed E-state index contributed by atoms with van der Waals surface area (Å²) in [6, 6.07) is 13.7. The Kier molecular flexibility index (Phi) is 16.8. The maximum atomic E-state index is 13.1. The number of aliphatic hydroxyl groups excluding tert-OH is 1. The van der Waals surface area contributed by atoms with Gasteiger partial charge in [-0.05, 0) is 101 Å². The van der Waals surface area contributed by atoms with Gasteiger partial charge in [0.25, 0.3) is 5.91 Å². The number of carbonyl (C=O) groups is 1. The zero-order valence-electron chi connectivity index (χ0n) is 40.5. The van der Waals surface area contributed by atoms with Crippen LogP contribution in [-0.4, -0.2) is 141 Å². The predicted molar refractivity (Wildman–Crippen MR) is 271 cm³/mol. The van der Waals surface area contributed by atoms with Gasteiger partial charge in [-0.3, -0.25) is 4.79 Å². The largest absolute Gasteiger partial charge is 0.490 e. The number of hydrogen-bond donors (Lipinski definition) is 3. The van der Waals surface area contributed by atoms with E-state index in [0.717, 1.165) is 164 Å². The number of aryl methyl sites for hydroxylation is 1. The molecule has 3 N–H and O–H groups in total. The van der Waals surface area contributed by atoms with Crippen molar-refractivity contribution in [2.45, 2.75) is 109 Å². The highest BCUT2D eigenvalue weighted by atomic mass is 35.5. The Morgan fingerprint density at radius 3 is 2.44 bits per heavy atom. The minimum atomic E-state index is -0.195. The number of amides is 1. The number of halogens is 1. The van der Waals surface area contributed by atoms with Gasteiger partial charge in [-0.2, -0.15) is 14.9 Å². The molecule has 1 saturated carbocycles. The Morgan fingerprint density at radius 2 is 1.71 bits per heavy atom. The molecule has 0 bridgehead atoms. The number of nitriles is 1. The van der Waals surface area contributed by atoms with Gasteiger partial charge in [-0.25, -0.2) is 19.9 Å². The molecule has 1 aliphatic carbocycles. The van der Waals surface area contributed by atoms with Crippen LogP contribution in [0, 0.1) is 17.2 Å². The third-order valence-electron chi connectivity index (χ3n) is 14.6. The minimum Gasteiger partial charge on any atom is -0.490 e. The summed E-state index contributed by atoms with van der Waals surface area (Å²) in [4.78, 5) is 41.7. The van der Waals surface area contributed by atoms with Crippen molar-refractivity contribution in [3.05, 3.63) is 88.6 Å². The second-order valence-electron chi connectivity index (χ2n) is 19.3. The summed E-state index contributed by atoms with van der Waals surface area (Å²) in [5, 5.41) is 30.6. The number of nitrogens with one attached hydrogen (secondary N) is 2. The van der Waals surface area contributed by atoms with Gasteiger partial charge in [0.15, 0.2) is 5.65 Å². The number of hydrogen-bond acceptors (Lipinski definition) is 15. The fourth-order valence-electron chi connectivity index (χ4n) is 10.5. The molecular weight excluding hydrogens is 906 g/mol. The summed E-state index contributed by atoms with van der Waals surface area (Å²) in [6.45, 7) is 12.8. The molecule has 1 amide bonds. The first kappa shape index (κ1) is 49.2. The number of nitrogens with zero attached hydrogens (tertiary/aromatic N) is 11. The molecule has 4 aliphatic rings. The molecule has 9 rings (SSSR count). The van der Waals surface area contributed by atoms with Gasteiger partial charge in [-0.15, -0.1) is 0 Å². The van der Waals surface area contributed by atoms with E-state index in [2.05, 4.69) is 75.4 Å². The number of ether oxygens (including phenoxy) is 2. The molecule has 3 aliphatic heterocycles. The first-order valence-corrected chi connectivity index (χ1v) is 26.0. The van der Waals surface area contributed by atoms with Crippen molar-refractivity contribution in [1.82, 2.24) is 44.7 Å². The molecule has 0 radical (unpaired) electrons. The van der Waals surface area contributed by atoms with Crippen LogP contribution in [0.25, 0.3) is 5.65 Å². The quantitative estimate of drug-likeness (QED) is 0.0736. The molecule has 0 spiro atoms. The van der Waals surface area contributed by atoms with Crippen molar-refractivity contribution < 1.29 is 19.4 Å². The number of fused-ring (bicyclic) bond motifs is 1. The average Bonchev–Trinajstić information content (AvgIpc) is 3.82. The molecular formula is C52H68ClN13O4. The van der Waals surface area contributed by atoms with Crippen LogP contribution in [0.5, 0.6) is 11.6 Å². The van der Waals surface area contributed by atoms with E-state index in [1.807, 2.05) is 23.0 Å². The number of anilines is 3. The Balaban J connectivity index is 0.638. The fraction of sp³-hybridized carbons (Fsp3) is 0.558. The lowest BCUT2D eigenvalue weighted by Crippen LogP contribution is -2.49. The van der Waals surface area contributed by atoms with Gasteiger partial charge in [0, 0.05) is 114 Å². The fourth-order valence-corrected chi connectivity index (χ4v) is 10.7. The summed E-state index contributed by atoms with van der Waals surface area (Å²) in [5.74, 6) is 4.42. The average molecular weight is 975 g/mol. The van der Waals surface area contributed by atoms with Crippen molar-refractivity contribution in [2.75, 3.05) is 87.2 Å². The van der Waals surface area contributed by atoms with E-state index in [-0.39, 0.29) is 24.7 Å². The Morgan fingerprint density at radius 1 is 0.886 bits per heavy atom. The third kappa shape index (κ3) is 12.6. The standard InChI is InChI=1S/C52H68ClN13O4/c1-2-39-33-59-66-47(29-48(61-51(39)66)65-19-4-3-6-42(65)17-26-67)56-31-38-7-14-50(58-32-38)69-27-5-18-62-22-24-63(25-23-62)36-37-15-20-64(21-16-37)49-35-55-46(34-57-49)52(68)60-41-9-12-43(13-10-41)70-44-11-8-40(30-54)45(53)28-44/h7-8,11,14,28-29,32-35,37,41-43,56,67H,2-6,9-10,12-13,15-27,31,36H2,1H3,(H,60,68)/t41-,42?,43-. The van der Waals surface area contributed by atoms with E-state index in [9.17, 15) is 9.90 Å². The van der Waals surface area contributed by atoms with Crippen LogP contribution in [0.2, 0.25) is 5.02 Å². The first-order valence-electron chi connectivity index (χ1n) is 25.6. The van der Waals surface area contributed by atoms with Crippen molar-refractivity contribution in [3.8, 4) is 17.7 Å². The van der Waals surface area contributed by atoms with Gasteiger partial charge >= 0.3 is 0 Å². The molecule has 1 aromatic carbocycles. The molecule has 372 valence electrons. The summed E-state index contributed by atoms with van der Waals surface area (Å²) in [7, 11) is 0. The molecule has 5 aromatic rings. The summed E-state index contributed by atoms with van der Waals surface area (Å²) < 4.78 is 14.1. The van der Waals surface area contributed by atoms with Crippen LogP contribution in [0.4, 0.5) is 17.5 Å². The molecule has 3 saturated heterocycles. The normalized spacial score (nSPS) is 20.6. The number of pyridine rings is 1. The van der Waals surface area contributed by atoms with Crippen LogP contribution in [0.1, 0.15) is 105 Å². The highest BCUT2D eigenvalue weighted by Crippen LogP contribution is 2.31. The van der Waals surface area contributed by atoms with Crippen molar-refractivity contribution in [2.24, 2.45) is 5.92 Å². The van der Waals surface area contributed by atoms with Crippen LogP contribution in [0.3, 0.4) is 0 Å². The Labute approximate surface area is 416 Å². The van der Waals surface area contributed by atoms with Gasteiger partial charge < -0.3 is 44.8 Å². The Bertz CT molecular complexity index is 2510. The van der Waals surface area contributed by atoms with Gasteiger partial charge in [0.05, 0.1) is 41.9 Å². The summed E-state index contributed by atoms with van der Waals surface area (Å²) in [6.07, 6.45) is 18.6. The maximum Gasteiger partial charge on any atom is 0.271 e. The monoisotopic (exact) mass is 974 g/mol. The zero-order chi connectivity index (χ0) is 48.2. The number of carbonyl (C=O) groups excluding carboxylic acids is 1.